The number of methoxy groups -OCH3 is 1. The molecule has 13 heavy (non-hydrogen) atoms. The van der Waals surface area contributed by atoms with E-state index in [-0.39, 0.29) is 5.78 Å². The van der Waals surface area contributed by atoms with Crippen molar-refractivity contribution in [3.63, 3.8) is 0 Å². The average molecular weight is 243 g/mol. The van der Waals surface area contributed by atoms with E-state index in [9.17, 15) is 4.79 Å². The molecule has 0 aliphatic heterocycles. The summed E-state index contributed by atoms with van der Waals surface area (Å²) in [5.74, 6) is 0.276. The summed E-state index contributed by atoms with van der Waals surface area (Å²) in [6, 6.07) is 0. The molecule has 2 nitrogen and oxygen atoms in total. The molecule has 0 aromatic carbocycles. The monoisotopic (exact) mass is 242 g/mol. The molecule has 0 aromatic rings. The summed E-state index contributed by atoms with van der Waals surface area (Å²) in [5.41, 5.74) is 2.17. The van der Waals surface area contributed by atoms with Crippen LogP contribution in [0.25, 0.3) is 0 Å². The Morgan fingerprint density at radius 3 is 2.46 bits per heavy atom. The third kappa shape index (κ3) is 2.10. The van der Waals surface area contributed by atoms with Crippen LogP contribution in [0.2, 0.25) is 0 Å². The van der Waals surface area contributed by atoms with Gasteiger partial charge in [0.25, 0.3) is 0 Å². The van der Waals surface area contributed by atoms with Crippen LogP contribution in [0.5, 0.6) is 0 Å². The molecule has 0 saturated carbocycles. The Bertz CT molecular complexity index is 331. The SMILES string of the molecule is COC1=CC(=C(C)C)C=C(Br)C1=O. The van der Waals surface area contributed by atoms with Gasteiger partial charge in [0.1, 0.15) is 0 Å². The predicted octanol–water partition coefficient (Wildman–Crippen LogP) is 2.71. The number of ketones is 1. The first kappa shape index (κ1) is 10.3. The predicted molar refractivity (Wildman–Crippen MR) is 55.5 cm³/mol. The van der Waals surface area contributed by atoms with Crippen molar-refractivity contribution in [2.75, 3.05) is 7.11 Å². The van der Waals surface area contributed by atoms with Crippen LogP contribution >= 0.6 is 15.9 Å². The Morgan fingerprint density at radius 1 is 1.38 bits per heavy atom. The zero-order chi connectivity index (χ0) is 10.0. The molecule has 0 heterocycles. The molecule has 0 saturated heterocycles. The highest BCUT2D eigenvalue weighted by Crippen LogP contribution is 2.24. The summed E-state index contributed by atoms with van der Waals surface area (Å²) in [4.78, 5) is 11.4. The van der Waals surface area contributed by atoms with Gasteiger partial charge in [-0.15, -0.1) is 0 Å². The van der Waals surface area contributed by atoms with Crippen molar-refractivity contribution in [1.82, 2.24) is 0 Å². The van der Waals surface area contributed by atoms with E-state index in [1.54, 1.807) is 12.2 Å². The minimum atomic E-state index is -0.104. The first-order chi connectivity index (χ1) is 6.06. The fourth-order valence-electron chi connectivity index (χ4n) is 1.01. The standard InChI is InChI=1S/C10H11BrO2/c1-6(2)7-4-8(11)10(12)9(5-7)13-3/h4-5H,1-3H3. The summed E-state index contributed by atoms with van der Waals surface area (Å²) in [5, 5.41) is 0. The molecule has 0 bridgehead atoms. The van der Waals surface area contributed by atoms with Crippen LogP contribution in [-0.4, -0.2) is 12.9 Å². The van der Waals surface area contributed by atoms with Gasteiger partial charge in [0, 0.05) is 0 Å². The molecule has 1 aliphatic rings. The lowest BCUT2D eigenvalue weighted by Crippen LogP contribution is -2.09. The van der Waals surface area contributed by atoms with E-state index in [2.05, 4.69) is 15.9 Å². The number of hydrogen-bond donors (Lipinski definition) is 0. The molecule has 0 amide bonds. The first-order valence-corrected chi connectivity index (χ1v) is 4.70. The summed E-state index contributed by atoms with van der Waals surface area (Å²) in [7, 11) is 1.50. The van der Waals surface area contributed by atoms with Gasteiger partial charge in [-0.1, -0.05) is 5.57 Å². The highest BCUT2D eigenvalue weighted by molar-refractivity contribution is 9.12. The van der Waals surface area contributed by atoms with Crippen LogP contribution in [0, 0.1) is 0 Å². The number of carbonyl (C=O) groups excluding carboxylic acids is 1. The molecular formula is C10H11BrO2. The Morgan fingerprint density at radius 2 is 2.00 bits per heavy atom. The Kier molecular flexibility index (Phi) is 3.09. The van der Waals surface area contributed by atoms with Gasteiger partial charge < -0.3 is 4.74 Å². The number of allylic oxidation sites excluding steroid dienone is 5. The smallest absolute Gasteiger partial charge is 0.234 e. The minimum Gasteiger partial charge on any atom is -0.493 e. The summed E-state index contributed by atoms with van der Waals surface area (Å²) < 4.78 is 5.51. The number of rotatable bonds is 1. The number of hydrogen-bond acceptors (Lipinski definition) is 2. The zero-order valence-electron chi connectivity index (χ0n) is 7.85. The second-order valence-electron chi connectivity index (χ2n) is 2.99. The third-order valence-corrected chi connectivity index (χ3v) is 2.40. The number of ether oxygens (including phenoxy) is 1. The highest BCUT2D eigenvalue weighted by Gasteiger charge is 2.18. The van der Waals surface area contributed by atoms with Gasteiger partial charge in [-0.25, -0.2) is 0 Å². The van der Waals surface area contributed by atoms with Crippen LogP contribution in [-0.2, 0) is 9.53 Å². The van der Waals surface area contributed by atoms with Crippen LogP contribution in [0.15, 0.2) is 33.5 Å². The molecule has 1 aliphatic carbocycles. The van der Waals surface area contributed by atoms with Gasteiger partial charge in [0.05, 0.1) is 11.6 Å². The van der Waals surface area contributed by atoms with E-state index in [0.717, 1.165) is 11.1 Å². The van der Waals surface area contributed by atoms with Gasteiger partial charge in [0.15, 0.2) is 5.76 Å². The fourth-order valence-corrected chi connectivity index (χ4v) is 1.45. The average Bonchev–Trinajstić information content (AvgIpc) is 2.09. The molecule has 70 valence electrons. The topological polar surface area (TPSA) is 26.3 Å². The lowest BCUT2D eigenvalue weighted by atomic mass is 10.0. The minimum absolute atomic E-state index is 0.104. The van der Waals surface area contributed by atoms with Crippen molar-refractivity contribution < 1.29 is 9.53 Å². The summed E-state index contributed by atoms with van der Waals surface area (Å²) in [6.45, 7) is 3.98. The lowest BCUT2D eigenvalue weighted by molar-refractivity contribution is -0.114. The van der Waals surface area contributed by atoms with Crippen molar-refractivity contribution in [2.45, 2.75) is 13.8 Å². The number of halogens is 1. The Balaban J connectivity index is 3.16. The fraction of sp³-hybridized carbons (Fsp3) is 0.300. The van der Waals surface area contributed by atoms with Crippen molar-refractivity contribution >= 4 is 21.7 Å². The largest absolute Gasteiger partial charge is 0.493 e. The van der Waals surface area contributed by atoms with Gasteiger partial charge in [0.2, 0.25) is 5.78 Å². The highest BCUT2D eigenvalue weighted by atomic mass is 79.9. The van der Waals surface area contributed by atoms with Gasteiger partial charge in [-0.05, 0) is 47.5 Å². The quantitative estimate of drug-likeness (QED) is 0.707. The van der Waals surface area contributed by atoms with Crippen LogP contribution in [0.4, 0.5) is 0 Å². The van der Waals surface area contributed by atoms with E-state index in [4.69, 9.17) is 4.74 Å². The van der Waals surface area contributed by atoms with Gasteiger partial charge in [-0.2, -0.15) is 0 Å². The molecule has 0 N–H and O–H groups in total. The van der Waals surface area contributed by atoms with E-state index < -0.39 is 0 Å². The maximum atomic E-state index is 11.4. The lowest BCUT2D eigenvalue weighted by Gasteiger charge is -2.11. The van der Waals surface area contributed by atoms with Crippen LogP contribution < -0.4 is 0 Å². The molecular weight excluding hydrogens is 232 g/mol. The molecule has 0 atom stereocenters. The molecule has 0 radical (unpaired) electrons. The van der Waals surface area contributed by atoms with Crippen LogP contribution in [0.1, 0.15) is 13.8 Å². The van der Waals surface area contributed by atoms with Crippen molar-refractivity contribution in [3.8, 4) is 0 Å². The second-order valence-corrected chi connectivity index (χ2v) is 3.84. The molecule has 0 unspecified atom stereocenters. The summed E-state index contributed by atoms with van der Waals surface area (Å²) in [6.07, 6.45) is 3.56. The molecule has 0 spiro atoms. The van der Waals surface area contributed by atoms with Crippen LogP contribution in [0.3, 0.4) is 0 Å². The maximum absolute atomic E-state index is 11.4. The Hall–Kier alpha value is -0.830. The molecule has 1 rings (SSSR count). The normalized spacial score (nSPS) is 16.6. The number of Topliss-reactive ketones (excluding diaryl/α,β-unsaturated/α-hetero) is 1. The summed E-state index contributed by atoms with van der Waals surface area (Å²) >= 11 is 3.20. The van der Waals surface area contributed by atoms with Crippen molar-refractivity contribution in [1.29, 1.82) is 0 Å². The van der Waals surface area contributed by atoms with Crippen molar-refractivity contribution in [3.05, 3.63) is 33.5 Å². The first-order valence-electron chi connectivity index (χ1n) is 3.91. The Labute approximate surface area is 86.1 Å². The van der Waals surface area contributed by atoms with E-state index in [0.29, 0.717) is 10.2 Å². The second kappa shape index (κ2) is 3.92. The van der Waals surface area contributed by atoms with E-state index in [1.165, 1.54) is 7.11 Å². The van der Waals surface area contributed by atoms with Gasteiger partial charge in [-0.3, -0.25) is 4.79 Å². The molecule has 0 aromatic heterocycles. The van der Waals surface area contributed by atoms with Crippen molar-refractivity contribution in [2.24, 2.45) is 0 Å². The maximum Gasteiger partial charge on any atom is 0.234 e. The van der Waals surface area contributed by atoms with E-state index >= 15 is 0 Å². The molecule has 3 heteroatoms. The zero-order valence-corrected chi connectivity index (χ0v) is 9.44. The van der Waals surface area contributed by atoms with E-state index in [1.807, 2.05) is 13.8 Å². The third-order valence-electron chi connectivity index (χ3n) is 1.81. The van der Waals surface area contributed by atoms with Gasteiger partial charge >= 0.3 is 0 Å². The number of carbonyl (C=O) groups is 1. The molecule has 0 fully saturated rings.